The predicted octanol–water partition coefficient (Wildman–Crippen LogP) is 3.32. The van der Waals surface area contributed by atoms with Gasteiger partial charge in [0.15, 0.2) is 0 Å². The van der Waals surface area contributed by atoms with Crippen LogP contribution in [0.2, 0.25) is 0 Å². The number of carbonyl (C=O) groups excluding carboxylic acids is 1. The Kier molecular flexibility index (Phi) is 6.77. The number of nitrogens with zero attached hydrogens (tertiary/aromatic N) is 1. The molecule has 1 aliphatic heterocycles. The van der Waals surface area contributed by atoms with Crippen LogP contribution in [0.25, 0.3) is 0 Å². The Bertz CT molecular complexity index is 466. The lowest BCUT2D eigenvalue weighted by Crippen LogP contribution is -2.35. The van der Waals surface area contributed by atoms with Crippen LogP contribution in [0.1, 0.15) is 31.7 Å². The number of carbonyl (C=O) groups is 1. The quantitative estimate of drug-likeness (QED) is 0.816. The van der Waals surface area contributed by atoms with Crippen molar-refractivity contribution < 1.29 is 4.79 Å². The van der Waals surface area contributed by atoms with Gasteiger partial charge < -0.3 is 10.2 Å². The summed E-state index contributed by atoms with van der Waals surface area (Å²) in [7, 11) is 2.18. The topological polar surface area (TPSA) is 32.3 Å². The molecule has 0 aliphatic carbocycles. The van der Waals surface area contributed by atoms with E-state index in [9.17, 15) is 4.79 Å². The first-order valence-electron chi connectivity index (χ1n) is 8.24. The number of hydrogen-bond acceptors (Lipinski definition) is 3. The second-order valence-electron chi connectivity index (χ2n) is 6.40. The summed E-state index contributed by atoms with van der Waals surface area (Å²) in [5.74, 6) is 0.926. The molecule has 1 aliphatic rings. The second kappa shape index (κ2) is 8.59. The number of thioether (sulfide) groups is 1. The third-order valence-corrected chi connectivity index (χ3v) is 5.50. The first-order valence-corrected chi connectivity index (χ1v) is 9.12. The standard InChI is InChI=1S/C18H28N2OS/c1-14-4-6-17(7-5-14)22-15(2)18(21)19-11-8-16-9-12-20(3)13-10-16/h4-7,15-16H,8-13H2,1-3H3,(H,19,21)/t15-/m0/s1. The lowest BCUT2D eigenvalue weighted by Gasteiger charge is -2.29. The Morgan fingerprint density at radius 1 is 1.32 bits per heavy atom. The van der Waals surface area contributed by atoms with E-state index in [0.29, 0.717) is 0 Å². The fraction of sp³-hybridized carbons (Fsp3) is 0.611. The van der Waals surface area contributed by atoms with Gasteiger partial charge in [-0.25, -0.2) is 0 Å². The smallest absolute Gasteiger partial charge is 0.233 e. The first-order chi connectivity index (χ1) is 10.5. The minimum Gasteiger partial charge on any atom is -0.355 e. The van der Waals surface area contributed by atoms with Crippen LogP contribution in [0.4, 0.5) is 0 Å². The molecule has 1 N–H and O–H groups in total. The normalized spacial score (nSPS) is 18.1. The summed E-state index contributed by atoms with van der Waals surface area (Å²) in [6.07, 6.45) is 3.64. The van der Waals surface area contributed by atoms with E-state index in [1.165, 1.54) is 31.5 Å². The van der Waals surface area contributed by atoms with Crippen LogP contribution < -0.4 is 5.32 Å². The molecule has 0 saturated carbocycles. The first kappa shape index (κ1) is 17.4. The van der Waals surface area contributed by atoms with Gasteiger partial charge in [0.25, 0.3) is 0 Å². The molecule has 4 heteroatoms. The zero-order valence-electron chi connectivity index (χ0n) is 14.0. The minimum absolute atomic E-state index is 0.0415. The van der Waals surface area contributed by atoms with E-state index in [0.717, 1.165) is 23.8 Å². The Hall–Kier alpha value is -1.00. The van der Waals surface area contributed by atoms with Crippen molar-refractivity contribution in [2.75, 3.05) is 26.7 Å². The highest BCUT2D eigenvalue weighted by Crippen LogP contribution is 2.23. The second-order valence-corrected chi connectivity index (χ2v) is 7.81. The molecule has 1 heterocycles. The number of amides is 1. The van der Waals surface area contributed by atoms with Crippen LogP contribution in [0, 0.1) is 12.8 Å². The maximum absolute atomic E-state index is 12.2. The van der Waals surface area contributed by atoms with Gasteiger partial charge in [-0.05, 0) is 71.3 Å². The summed E-state index contributed by atoms with van der Waals surface area (Å²) in [6.45, 7) is 7.26. The van der Waals surface area contributed by atoms with Crippen LogP contribution in [-0.2, 0) is 4.79 Å². The van der Waals surface area contributed by atoms with Crippen LogP contribution in [0.3, 0.4) is 0 Å². The van der Waals surface area contributed by atoms with Crippen LogP contribution in [-0.4, -0.2) is 42.7 Å². The number of benzene rings is 1. The Morgan fingerprint density at radius 3 is 2.59 bits per heavy atom. The molecule has 0 unspecified atom stereocenters. The Morgan fingerprint density at radius 2 is 1.95 bits per heavy atom. The van der Waals surface area contributed by atoms with Crippen LogP contribution >= 0.6 is 11.8 Å². The summed E-state index contributed by atoms with van der Waals surface area (Å²) in [4.78, 5) is 15.7. The summed E-state index contributed by atoms with van der Waals surface area (Å²) in [5, 5.41) is 3.06. The van der Waals surface area contributed by atoms with E-state index in [2.05, 4.69) is 48.5 Å². The molecule has 1 fully saturated rings. The molecular weight excluding hydrogens is 292 g/mol. The molecule has 0 spiro atoms. The summed E-state index contributed by atoms with van der Waals surface area (Å²) >= 11 is 1.63. The average Bonchev–Trinajstić information content (AvgIpc) is 2.51. The zero-order valence-corrected chi connectivity index (χ0v) is 14.8. The van der Waals surface area contributed by atoms with Gasteiger partial charge in [-0.1, -0.05) is 17.7 Å². The average molecular weight is 321 g/mol. The van der Waals surface area contributed by atoms with Gasteiger partial charge in [0.1, 0.15) is 0 Å². The molecule has 122 valence electrons. The van der Waals surface area contributed by atoms with Crippen LogP contribution in [0.15, 0.2) is 29.2 Å². The predicted molar refractivity (Wildman–Crippen MR) is 94.3 cm³/mol. The lowest BCUT2D eigenvalue weighted by atomic mass is 9.94. The van der Waals surface area contributed by atoms with Crippen molar-refractivity contribution in [2.45, 2.75) is 43.3 Å². The number of hydrogen-bond donors (Lipinski definition) is 1. The van der Waals surface area contributed by atoms with Crippen molar-refractivity contribution in [3.05, 3.63) is 29.8 Å². The van der Waals surface area contributed by atoms with Crippen molar-refractivity contribution in [3.8, 4) is 0 Å². The molecule has 3 nitrogen and oxygen atoms in total. The maximum Gasteiger partial charge on any atom is 0.233 e. The largest absolute Gasteiger partial charge is 0.355 e. The van der Waals surface area contributed by atoms with Gasteiger partial charge >= 0.3 is 0 Å². The van der Waals surface area contributed by atoms with Gasteiger partial charge in [0.2, 0.25) is 5.91 Å². The monoisotopic (exact) mass is 320 g/mol. The number of nitrogens with one attached hydrogen (secondary N) is 1. The molecule has 1 amide bonds. The molecule has 0 aromatic heterocycles. The van der Waals surface area contributed by atoms with Crippen molar-refractivity contribution in [1.82, 2.24) is 10.2 Å². The van der Waals surface area contributed by atoms with Gasteiger partial charge in [0.05, 0.1) is 5.25 Å². The van der Waals surface area contributed by atoms with Crippen molar-refractivity contribution in [1.29, 1.82) is 0 Å². The summed E-state index contributed by atoms with van der Waals surface area (Å²) < 4.78 is 0. The van der Waals surface area contributed by atoms with Crippen molar-refractivity contribution in [2.24, 2.45) is 5.92 Å². The molecule has 1 aromatic rings. The summed E-state index contributed by atoms with van der Waals surface area (Å²) in [6, 6.07) is 8.35. The fourth-order valence-corrected chi connectivity index (χ4v) is 3.66. The van der Waals surface area contributed by atoms with Gasteiger partial charge in [-0.3, -0.25) is 4.79 Å². The minimum atomic E-state index is -0.0415. The highest BCUT2D eigenvalue weighted by molar-refractivity contribution is 8.00. The molecule has 1 atom stereocenters. The van der Waals surface area contributed by atoms with Crippen molar-refractivity contribution in [3.63, 3.8) is 0 Å². The number of likely N-dealkylation sites (tertiary alicyclic amines) is 1. The summed E-state index contributed by atoms with van der Waals surface area (Å²) in [5.41, 5.74) is 1.25. The number of aryl methyl sites for hydroxylation is 1. The van der Waals surface area contributed by atoms with Gasteiger partial charge in [-0.15, -0.1) is 11.8 Å². The van der Waals surface area contributed by atoms with Crippen molar-refractivity contribution >= 4 is 17.7 Å². The van der Waals surface area contributed by atoms with Crippen LogP contribution in [0.5, 0.6) is 0 Å². The highest BCUT2D eigenvalue weighted by Gasteiger charge is 2.18. The molecule has 2 rings (SSSR count). The van der Waals surface area contributed by atoms with Gasteiger partial charge in [-0.2, -0.15) is 0 Å². The Balaban J connectivity index is 1.67. The molecule has 1 aromatic carbocycles. The van der Waals surface area contributed by atoms with Gasteiger partial charge in [0, 0.05) is 11.4 Å². The Labute approximate surface area is 138 Å². The highest BCUT2D eigenvalue weighted by atomic mass is 32.2. The van der Waals surface area contributed by atoms with E-state index < -0.39 is 0 Å². The molecule has 22 heavy (non-hydrogen) atoms. The van der Waals surface area contributed by atoms with E-state index in [1.54, 1.807) is 11.8 Å². The SMILES string of the molecule is Cc1ccc(S[C@@H](C)C(=O)NCCC2CCN(C)CC2)cc1. The molecule has 0 radical (unpaired) electrons. The zero-order chi connectivity index (χ0) is 15.9. The van der Waals surface area contributed by atoms with E-state index in [4.69, 9.17) is 0 Å². The number of rotatable bonds is 6. The third-order valence-electron chi connectivity index (χ3n) is 4.39. The molecule has 0 bridgehead atoms. The van der Waals surface area contributed by atoms with E-state index >= 15 is 0 Å². The van der Waals surface area contributed by atoms with E-state index in [-0.39, 0.29) is 11.2 Å². The molecular formula is C18H28N2OS. The molecule has 1 saturated heterocycles. The fourth-order valence-electron chi connectivity index (χ4n) is 2.77. The maximum atomic E-state index is 12.2. The number of piperidine rings is 1. The third kappa shape index (κ3) is 5.65. The lowest BCUT2D eigenvalue weighted by molar-refractivity contribution is -0.120. The van der Waals surface area contributed by atoms with E-state index in [1.807, 2.05) is 6.92 Å².